The lowest BCUT2D eigenvalue weighted by atomic mass is 10.2. The predicted octanol–water partition coefficient (Wildman–Crippen LogP) is 2.32. The summed E-state index contributed by atoms with van der Waals surface area (Å²) in [4.78, 5) is 24.7. The van der Waals surface area contributed by atoms with Gasteiger partial charge >= 0.3 is 6.03 Å². The van der Waals surface area contributed by atoms with E-state index in [9.17, 15) is 9.59 Å². The average molecular weight is 338 g/mol. The van der Waals surface area contributed by atoms with E-state index in [1.54, 1.807) is 30.3 Å². The summed E-state index contributed by atoms with van der Waals surface area (Å²) in [5.74, 6) is 0.491. The van der Waals surface area contributed by atoms with Gasteiger partial charge in [0.15, 0.2) is 5.82 Å². The van der Waals surface area contributed by atoms with E-state index in [-0.39, 0.29) is 5.56 Å². The van der Waals surface area contributed by atoms with E-state index >= 15 is 0 Å². The third kappa shape index (κ3) is 2.46. The Labute approximate surface area is 138 Å². The van der Waals surface area contributed by atoms with Gasteiger partial charge in [-0.3, -0.25) is 4.79 Å². The van der Waals surface area contributed by atoms with Crippen molar-refractivity contribution in [1.29, 1.82) is 0 Å². The van der Waals surface area contributed by atoms with Gasteiger partial charge in [-0.15, -0.1) is 5.10 Å². The Bertz CT molecular complexity index is 1080. The minimum Gasteiger partial charge on any atom is -0.306 e. The van der Waals surface area contributed by atoms with E-state index in [0.717, 1.165) is 25.8 Å². The van der Waals surface area contributed by atoms with Gasteiger partial charge in [-0.25, -0.2) is 9.89 Å². The number of hydrogen-bond donors (Lipinski definition) is 2. The summed E-state index contributed by atoms with van der Waals surface area (Å²) < 4.78 is 1.87. The van der Waals surface area contributed by atoms with E-state index < -0.39 is 6.03 Å². The molecule has 24 heavy (non-hydrogen) atoms. The first-order valence-electron chi connectivity index (χ1n) is 6.99. The largest absolute Gasteiger partial charge is 0.342 e. The molecule has 0 spiro atoms. The molecular weight excluding hydrogens is 328 g/mol. The molecule has 0 fully saturated rings. The molecule has 2 heterocycles. The quantitative estimate of drug-likeness (QED) is 0.583. The molecule has 0 unspecified atom stereocenters. The topological polar surface area (TPSA) is 106 Å². The number of aromatic nitrogens is 5. The summed E-state index contributed by atoms with van der Waals surface area (Å²) in [5, 5.41) is 16.8. The summed E-state index contributed by atoms with van der Waals surface area (Å²) in [6, 6.07) is 13.6. The lowest BCUT2D eigenvalue weighted by Crippen LogP contribution is -2.26. The number of anilines is 1. The number of carbonyl (C=O) groups excluding carboxylic acids is 1. The highest BCUT2D eigenvalue weighted by molar-refractivity contribution is 7.14. The Kier molecular flexibility index (Phi) is 3.39. The maximum atomic E-state index is 12.4. The molecule has 2 N–H and O–H groups in total. The summed E-state index contributed by atoms with van der Waals surface area (Å²) in [5.41, 5.74) is 0.934. The van der Waals surface area contributed by atoms with Crippen LogP contribution in [0.4, 0.5) is 10.5 Å². The zero-order chi connectivity index (χ0) is 16.5. The number of hydrogen-bond acceptors (Lipinski definition) is 6. The normalized spacial score (nSPS) is 10.8. The standard InChI is InChI=1S/C15H10N6O2S/c22-14-11-6-1-2-7-12(11)24-21(14)15(23)16-10-5-3-4-9(8-10)13-17-19-20-18-13/h1-8H,(H,16,23)(H,17,18,19,20). The van der Waals surface area contributed by atoms with E-state index in [0.29, 0.717) is 16.9 Å². The van der Waals surface area contributed by atoms with Crippen molar-refractivity contribution in [3.8, 4) is 11.4 Å². The second-order valence-corrected chi connectivity index (χ2v) is 5.94. The molecule has 0 aliphatic rings. The first-order chi connectivity index (χ1) is 11.7. The van der Waals surface area contributed by atoms with E-state index in [2.05, 4.69) is 25.9 Å². The van der Waals surface area contributed by atoms with Crippen LogP contribution in [-0.2, 0) is 0 Å². The number of carbonyl (C=O) groups is 1. The zero-order valence-electron chi connectivity index (χ0n) is 12.1. The van der Waals surface area contributed by atoms with E-state index in [1.165, 1.54) is 0 Å². The van der Waals surface area contributed by atoms with Gasteiger partial charge in [-0.1, -0.05) is 24.3 Å². The van der Waals surface area contributed by atoms with Gasteiger partial charge in [0.25, 0.3) is 5.56 Å². The number of benzene rings is 2. The van der Waals surface area contributed by atoms with Crippen LogP contribution in [0.15, 0.2) is 53.3 Å². The molecule has 9 heteroatoms. The van der Waals surface area contributed by atoms with Gasteiger partial charge in [0.05, 0.1) is 10.1 Å². The van der Waals surface area contributed by atoms with Gasteiger partial charge in [-0.2, -0.15) is 3.96 Å². The summed E-state index contributed by atoms with van der Waals surface area (Å²) in [6.45, 7) is 0. The van der Waals surface area contributed by atoms with Crippen molar-refractivity contribution in [2.75, 3.05) is 5.32 Å². The summed E-state index contributed by atoms with van der Waals surface area (Å²) in [6.07, 6.45) is 0. The Balaban J connectivity index is 1.65. The lowest BCUT2D eigenvalue weighted by molar-refractivity contribution is 0.255. The molecule has 2 aromatic heterocycles. The van der Waals surface area contributed by atoms with Gasteiger partial charge in [0.1, 0.15) is 0 Å². The molecule has 8 nitrogen and oxygen atoms in total. The number of nitrogens with one attached hydrogen (secondary N) is 2. The van der Waals surface area contributed by atoms with Crippen molar-refractivity contribution in [3.05, 3.63) is 58.9 Å². The van der Waals surface area contributed by atoms with E-state index in [1.807, 2.05) is 18.2 Å². The highest BCUT2D eigenvalue weighted by Crippen LogP contribution is 2.20. The van der Waals surface area contributed by atoms with Crippen LogP contribution in [-0.4, -0.2) is 30.6 Å². The average Bonchev–Trinajstić information content (AvgIpc) is 3.24. The molecule has 2 aromatic carbocycles. The molecule has 0 atom stereocenters. The van der Waals surface area contributed by atoms with Crippen LogP contribution < -0.4 is 10.9 Å². The maximum Gasteiger partial charge on any atom is 0.342 e. The summed E-state index contributed by atoms with van der Waals surface area (Å²) in [7, 11) is 0. The third-order valence-electron chi connectivity index (χ3n) is 3.41. The predicted molar refractivity (Wildman–Crippen MR) is 90.1 cm³/mol. The van der Waals surface area contributed by atoms with Crippen molar-refractivity contribution in [2.24, 2.45) is 0 Å². The minimum atomic E-state index is -0.506. The number of rotatable bonds is 2. The number of fused-ring (bicyclic) bond motifs is 1. The molecule has 0 aliphatic heterocycles. The first kappa shape index (κ1) is 14.3. The van der Waals surface area contributed by atoms with Crippen molar-refractivity contribution >= 4 is 33.3 Å². The second kappa shape index (κ2) is 5.70. The molecule has 4 rings (SSSR count). The fourth-order valence-electron chi connectivity index (χ4n) is 2.31. The molecule has 1 amide bonds. The minimum absolute atomic E-state index is 0.330. The highest BCUT2D eigenvalue weighted by Gasteiger charge is 2.14. The molecule has 0 saturated carbocycles. The van der Waals surface area contributed by atoms with Gasteiger partial charge in [0, 0.05) is 11.3 Å². The van der Waals surface area contributed by atoms with Gasteiger partial charge in [0.2, 0.25) is 0 Å². The van der Waals surface area contributed by atoms with Crippen molar-refractivity contribution in [1.82, 2.24) is 24.6 Å². The van der Waals surface area contributed by atoms with Crippen LogP contribution in [0.3, 0.4) is 0 Å². The Morgan fingerprint density at radius 1 is 1.17 bits per heavy atom. The van der Waals surface area contributed by atoms with Crippen LogP contribution in [0.5, 0.6) is 0 Å². The molecule has 0 bridgehead atoms. The molecule has 4 aromatic rings. The third-order valence-corrected chi connectivity index (χ3v) is 4.48. The number of nitrogens with zero attached hydrogens (tertiary/aromatic N) is 4. The van der Waals surface area contributed by atoms with Crippen LogP contribution in [0, 0.1) is 0 Å². The Morgan fingerprint density at radius 2 is 2.04 bits per heavy atom. The van der Waals surface area contributed by atoms with Crippen molar-refractivity contribution in [3.63, 3.8) is 0 Å². The number of amides is 1. The van der Waals surface area contributed by atoms with Crippen molar-refractivity contribution in [2.45, 2.75) is 0 Å². The van der Waals surface area contributed by atoms with Gasteiger partial charge in [-0.05, 0) is 46.2 Å². The van der Waals surface area contributed by atoms with Crippen LogP contribution >= 0.6 is 11.5 Å². The fraction of sp³-hybridized carbons (Fsp3) is 0. The maximum absolute atomic E-state index is 12.4. The number of tetrazole rings is 1. The zero-order valence-corrected chi connectivity index (χ0v) is 12.9. The first-order valence-corrected chi connectivity index (χ1v) is 7.76. The fourth-order valence-corrected chi connectivity index (χ4v) is 3.21. The number of H-pyrrole nitrogens is 1. The van der Waals surface area contributed by atoms with Crippen LogP contribution in [0.2, 0.25) is 0 Å². The monoisotopic (exact) mass is 338 g/mol. The molecule has 118 valence electrons. The van der Waals surface area contributed by atoms with Crippen LogP contribution in [0.1, 0.15) is 0 Å². The Morgan fingerprint density at radius 3 is 2.83 bits per heavy atom. The second-order valence-electron chi connectivity index (χ2n) is 4.95. The number of aromatic amines is 1. The molecular formula is C15H10N6O2S. The van der Waals surface area contributed by atoms with E-state index in [4.69, 9.17) is 0 Å². The molecule has 0 radical (unpaired) electrons. The Hall–Kier alpha value is -3.33. The molecule has 0 aliphatic carbocycles. The summed E-state index contributed by atoms with van der Waals surface area (Å²) >= 11 is 1.11. The smallest absolute Gasteiger partial charge is 0.306 e. The van der Waals surface area contributed by atoms with Crippen molar-refractivity contribution < 1.29 is 4.79 Å². The SMILES string of the molecule is O=C(Nc1cccc(-c2nnn[nH]2)c1)n1sc2ccccc2c1=O. The lowest BCUT2D eigenvalue weighted by Gasteiger charge is -2.05. The van der Waals surface area contributed by atoms with Crippen LogP contribution in [0.25, 0.3) is 21.5 Å². The molecule has 0 saturated heterocycles. The highest BCUT2D eigenvalue weighted by atomic mass is 32.1. The van der Waals surface area contributed by atoms with Gasteiger partial charge < -0.3 is 5.32 Å².